The van der Waals surface area contributed by atoms with Crippen molar-refractivity contribution in [1.82, 2.24) is 20.1 Å². The Balaban J connectivity index is 1.44. The molecule has 0 spiro atoms. The summed E-state index contributed by atoms with van der Waals surface area (Å²) in [4.78, 5) is 19.5. The molecule has 0 aliphatic carbocycles. The second kappa shape index (κ2) is 10.4. The van der Waals surface area contributed by atoms with Crippen LogP contribution in [0, 0.1) is 0 Å². The molecule has 5 nitrogen and oxygen atoms in total. The van der Waals surface area contributed by atoms with Crippen molar-refractivity contribution in [3.05, 3.63) is 101 Å². The third-order valence-corrected chi connectivity index (χ3v) is 6.23. The van der Waals surface area contributed by atoms with Gasteiger partial charge in [0, 0.05) is 23.1 Å². The monoisotopic (exact) mass is 492 g/mol. The average Bonchev–Trinajstić information content (AvgIpc) is 3.27. The third-order valence-electron chi connectivity index (χ3n) is 4.70. The van der Waals surface area contributed by atoms with Crippen LogP contribution in [0.2, 0.25) is 0 Å². The van der Waals surface area contributed by atoms with Crippen molar-refractivity contribution in [1.29, 1.82) is 0 Å². The van der Waals surface area contributed by atoms with Crippen molar-refractivity contribution in [3.63, 3.8) is 0 Å². The number of rotatable bonds is 8. The number of nitrogens with one attached hydrogen (secondary N) is 1. The molecule has 0 aliphatic rings. The lowest BCUT2D eigenvalue weighted by Gasteiger charge is -2.23. The van der Waals surface area contributed by atoms with Gasteiger partial charge in [0.15, 0.2) is 5.82 Å². The Morgan fingerprint density at radius 1 is 0.871 bits per heavy atom. The van der Waals surface area contributed by atoms with Crippen LogP contribution in [0.3, 0.4) is 0 Å². The number of benzene rings is 3. The average molecular weight is 493 g/mol. The number of amides is 1. The molecule has 0 saturated carbocycles. The molecule has 1 aromatic heterocycles. The lowest BCUT2D eigenvalue weighted by atomic mass is 10.1. The topological polar surface area (TPSA) is 61.9 Å². The van der Waals surface area contributed by atoms with E-state index in [1.165, 1.54) is 11.8 Å². The summed E-state index contributed by atoms with van der Waals surface area (Å²) in [5.74, 6) is 0.991. The second-order valence-electron chi connectivity index (χ2n) is 6.96. The van der Waals surface area contributed by atoms with Crippen LogP contribution in [0.1, 0.15) is 11.1 Å². The number of aromatic amines is 1. The highest BCUT2D eigenvalue weighted by molar-refractivity contribution is 9.10. The Morgan fingerprint density at radius 3 is 2.06 bits per heavy atom. The fraction of sp³-hybridized carbons (Fsp3) is 0.125. The van der Waals surface area contributed by atoms with Gasteiger partial charge in [-0.2, -0.15) is 0 Å². The summed E-state index contributed by atoms with van der Waals surface area (Å²) in [6.45, 7) is 1.12. The largest absolute Gasteiger partial charge is 0.333 e. The van der Waals surface area contributed by atoms with Gasteiger partial charge < -0.3 is 4.90 Å². The minimum absolute atomic E-state index is 0.0462. The highest BCUT2D eigenvalue weighted by atomic mass is 79.9. The Labute approximate surface area is 194 Å². The van der Waals surface area contributed by atoms with E-state index in [9.17, 15) is 4.79 Å². The number of thioether (sulfide) groups is 1. The Bertz CT molecular complexity index is 1090. The van der Waals surface area contributed by atoms with Gasteiger partial charge in [-0.25, -0.2) is 4.98 Å². The highest BCUT2D eigenvalue weighted by Gasteiger charge is 2.17. The number of hydrogen-bond acceptors (Lipinski definition) is 4. The smallest absolute Gasteiger partial charge is 0.233 e. The Kier molecular flexibility index (Phi) is 7.17. The van der Waals surface area contributed by atoms with Gasteiger partial charge in [0.25, 0.3) is 0 Å². The summed E-state index contributed by atoms with van der Waals surface area (Å²) in [6, 6.07) is 27.9. The molecule has 0 radical (unpaired) electrons. The summed E-state index contributed by atoms with van der Waals surface area (Å²) in [6.07, 6.45) is 0. The summed E-state index contributed by atoms with van der Waals surface area (Å²) in [7, 11) is 0. The molecule has 1 amide bonds. The van der Waals surface area contributed by atoms with Crippen LogP contribution >= 0.6 is 27.7 Å². The van der Waals surface area contributed by atoms with Gasteiger partial charge in [-0.15, -0.1) is 5.10 Å². The van der Waals surface area contributed by atoms with Crippen molar-refractivity contribution >= 4 is 33.6 Å². The molecule has 1 N–H and O–H groups in total. The molecule has 4 rings (SSSR count). The van der Waals surface area contributed by atoms with E-state index in [4.69, 9.17) is 0 Å². The van der Waals surface area contributed by atoms with E-state index in [0.29, 0.717) is 24.1 Å². The maximum atomic E-state index is 13.1. The first-order valence-corrected chi connectivity index (χ1v) is 11.6. The SMILES string of the molecule is O=C(CSc1n[nH]c(-c2ccccc2Br)n1)N(Cc1ccccc1)Cc1ccccc1. The van der Waals surface area contributed by atoms with Crippen molar-refractivity contribution in [2.45, 2.75) is 18.2 Å². The van der Waals surface area contributed by atoms with E-state index in [1.54, 1.807) is 0 Å². The van der Waals surface area contributed by atoms with Crippen LogP contribution in [0.15, 0.2) is 94.6 Å². The number of carbonyl (C=O) groups is 1. The standard InChI is InChI=1S/C24H21BrN4OS/c25-21-14-8-7-13-20(21)23-26-24(28-27-23)31-17-22(30)29(15-18-9-3-1-4-10-18)16-19-11-5-2-6-12-19/h1-14H,15-17H2,(H,26,27,28). The maximum absolute atomic E-state index is 13.1. The third kappa shape index (κ3) is 5.83. The summed E-state index contributed by atoms with van der Waals surface area (Å²) >= 11 is 4.87. The number of aromatic nitrogens is 3. The molecule has 0 aliphatic heterocycles. The molecule has 4 aromatic rings. The molecule has 156 valence electrons. The van der Waals surface area contributed by atoms with Crippen molar-refractivity contribution in [2.75, 3.05) is 5.75 Å². The number of nitrogens with zero attached hydrogens (tertiary/aromatic N) is 3. The predicted octanol–water partition coefficient (Wildman–Crippen LogP) is 5.56. The number of hydrogen-bond donors (Lipinski definition) is 1. The van der Waals surface area contributed by atoms with Crippen LogP contribution in [-0.4, -0.2) is 31.7 Å². The molecular formula is C24H21BrN4OS. The minimum atomic E-state index is 0.0462. The van der Waals surface area contributed by atoms with Gasteiger partial charge in [0.1, 0.15) is 0 Å². The maximum Gasteiger partial charge on any atom is 0.233 e. The van der Waals surface area contributed by atoms with Gasteiger partial charge in [0.05, 0.1) is 5.75 Å². The number of H-pyrrole nitrogens is 1. The van der Waals surface area contributed by atoms with Gasteiger partial charge in [-0.1, -0.05) is 107 Å². The van der Waals surface area contributed by atoms with Crippen molar-refractivity contribution < 1.29 is 4.79 Å². The zero-order chi connectivity index (χ0) is 21.5. The second-order valence-corrected chi connectivity index (χ2v) is 8.75. The van der Waals surface area contributed by atoms with Crippen LogP contribution in [0.4, 0.5) is 0 Å². The Morgan fingerprint density at radius 2 is 1.45 bits per heavy atom. The van der Waals surface area contributed by atoms with Crippen molar-refractivity contribution in [2.24, 2.45) is 0 Å². The minimum Gasteiger partial charge on any atom is -0.333 e. The molecule has 0 atom stereocenters. The highest BCUT2D eigenvalue weighted by Crippen LogP contribution is 2.26. The van der Waals surface area contributed by atoms with Crippen LogP contribution in [0.25, 0.3) is 11.4 Å². The fourth-order valence-corrected chi connectivity index (χ4v) is 4.32. The summed E-state index contributed by atoms with van der Waals surface area (Å²) < 4.78 is 0.940. The molecule has 0 unspecified atom stereocenters. The molecule has 0 fully saturated rings. The first-order valence-electron chi connectivity index (χ1n) is 9.85. The van der Waals surface area contributed by atoms with E-state index >= 15 is 0 Å². The molecule has 3 aromatic carbocycles. The molecule has 1 heterocycles. The summed E-state index contributed by atoms with van der Waals surface area (Å²) in [5, 5.41) is 7.78. The zero-order valence-corrected chi connectivity index (χ0v) is 19.1. The molecule has 31 heavy (non-hydrogen) atoms. The molecule has 7 heteroatoms. The quantitative estimate of drug-likeness (QED) is 0.327. The Hall–Kier alpha value is -2.90. The van der Waals surface area contributed by atoms with Gasteiger partial charge in [-0.3, -0.25) is 9.89 Å². The first-order chi connectivity index (χ1) is 15.2. The van der Waals surface area contributed by atoms with Gasteiger partial charge in [-0.05, 0) is 17.2 Å². The molecule has 0 saturated heterocycles. The lowest BCUT2D eigenvalue weighted by Crippen LogP contribution is -2.31. The predicted molar refractivity (Wildman–Crippen MR) is 127 cm³/mol. The van der Waals surface area contributed by atoms with E-state index < -0.39 is 0 Å². The number of halogens is 1. The summed E-state index contributed by atoms with van der Waals surface area (Å²) in [5.41, 5.74) is 3.14. The zero-order valence-electron chi connectivity index (χ0n) is 16.7. The van der Waals surface area contributed by atoms with Crippen molar-refractivity contribution in [3.8, 4) is 11.4 Å². The molecular weight excluding hydrogens is 472 g/mol. The normalized spacial score (nSPS) is 10.7. The van der Waals surface area contributed by atoms with E-state index in [-0.39, 0.29) is 11.7 Å². The van der Waals surface area contributed by atoms with Gasteiger partial charge >= 0.3 is 0 Å². The first kappa shape index (κ1) is 21.3. The number of carbonyl (C=O) groups excluding carboxylic acids is 1. The van der Waals surface area contributed by atoms with E-state index in [1.807, 2.05) is 89.8 Å². The van der Waals surface area contributed by atoms with Crippen LogP contribution in [0.5, 0.6) is 0 Å². The van der Waals surface area contributed by atoms with E-state index in [0.717, 1.165) is 21.2 Å². The lowest BCUT2D eigenvalue weighted by molar-refractivity contribution is -0.129. The van der Waals surface area contributed by atoms with E-state index in [2.05, 4.69) is 31.1 Å². The van der Waals surface area contributed by atoms with Crippen LogP contribution < -0.4 is 0 Å². The fourth-order valence-electron chi connectivity index (χ4n) is 3.14. The van der Waals surface area contributed by atoms with Crippen LogP contribution in [-0.2, 0) is 17.9 Å². The van der Waals surface area contributed by atoms with Gasteiger partial charge in [0.2, 0.25) is 11.1 Å². The molecule has 0 bridgehead atoms.